The van der Waals surface area contributed by atoms with Gasteiger partial charge in [-0.25, -0.2) is 0 Å². The van der Waals surface area contributed by atoms with Crippen molar-refractivity contribution in [2.45, 2.75) is 33.1 Å². The second-order valence-electron chi connectivity index (χ2n) is 6.21. The summed E-state index contributed by atoms with van der Waals surface area (Å²) in [6.07, 6.45) is 3.80. The number of halogens is 1. The van der Waals surface area contributed by atoms with Crippen LogP contribution in [-0.2, 0) is 9.47 Å². The van der Waals surface area contributed by atoms with E-state index < -0.39 is 0 Å². The van der Waals surface area contributed by atoms with Crippen molar-refractivity contribution in [2.24, 2.45) is 16.8 Å². The first-order valence-electron chi connectivity index (χ1n) is 8.20. The highest BCUT2D eigenvalue weighted by Gasteiger charge is 2.21. The van der Waals surface area contributed by atoms with Gasteiger partial charge in [-0.05, 0) is 31.1 Å². The van der Waals surface area contributed by atoms with Crippen LogP contribution in [-0.4, -0.2) is 64.5 Å². The Morgan fingerprint density at radius 2 is 1.95 bits per heavy atom. The van der Waals surface area contributed by atoms with Crippen molar-refractivity contribution < 1.29 is 9.47 Å². The van der Waals surface area contributed by atoms with Crippen LogP contribution in [0.2, 0.25) is 0 Å². The fraction of sp³-hybridized carbons (Fsp3) is 0.938. The first kappa shape index (κ1) is 21.9. The number of rotatable bonds is 11. The molecule has 0 saturated heterocycles. The molecule has 0 atom stereocenters. The van der Waals surface area contributed by atoms with Gasteiger partial charge < -0.3 is 19.7 Å². The molecule has 0 bridgehead atoms. The van der Waals surface area contributed by atoms with E-state index in [0.29, 0.717) is 5.92 Å². The molecule has 0 aromatic carbocycles. The Hall–Kier alpha value is -0.0800. The quantitative estimate of drug-likeness (QED) is 0.238. The van der Waals surface area contributed by atoms with E-state index in [1.165, 1.54) is 12.8 Å². The van der Waals surface area contributed by atoms with E-state index in [1.54, 1.807) is 0 Å². The monoisotopic (exact) mass is 427 g/mol. The van der Waals surface area contributed by atoms with Gasteiger partial charge in [0.25, 0.3) is 0 Å². The number of nitrogens with zero attached hydrogens (tertiary/aromatic N) is 2. The SMILES string of the molecule is CN=C(NCCOCCC(C)C)N(C)CCOCC1CC1.I. The van der Waals surface area contributed by atoms with Gasteiger partial charge in [0.2, 0.25) is 0 Å². The molecule has 0 spiro atoms. The van der Waals surface area contributed by atoms with Crippen molar-refractivity contribution in [1.29, 1.82) is 0 Å². The molecule has 0 heterocycles. The fourth-order valence-electron chi connectivity index (χ4n) is 1.88. The number of ether oxygens (including phenoxy) is 2. The number of nitrogens with one attached hydrogen (secondary N) is 1. The molecule has 1 rings (SSSR count). The van der Waals surface area contributed by atoms with Crippen LogP contribution in [0, 0.1) is 11.8 Å². The van der Waals surface area contributed by atoms with E-state index in [1.807, 2.05) is 14.1 Å². The summed E-state index contributed by atoms with van der Waals surface area (Å²) < 4.78 is 11.2. The largest absolute Gasteiger partial charge is 0.380 e. The lowest BCUT2D eigenvalue weighted by Crippen LogP contribution is -2.41. The Balaban J connectivity index is 0.00000441. The van der Waals surface area contributed by atoms with E-state index in [0.717, 1.165) is 57.8 Å². The van der Waals surface area contributed by atoms with Crippen molar-refractivity contribution in [3.63, 3.8) is 0 Å². The van der Waals surface area contributed by atoms with E-state index in [2.05, 4.69) is 29.1 Å². The summed E-state index contributed by atoms with van der Waals surface area (Å²) in [6, 6.07) is 0. The topological polar surface area (TPSA) is 46.1 Å². The minimum absolute atomic E-state index is 0. The van der Waals surface area contributed by atoms with Crippen molar-refractivity contribution >= 4 is 29.9 Å². The van der Waals surface area contributed by atoms with Crippen LogP contribution >= 0.6 is 24.0 Å². The van der Waals surface area contributed by atoms with Crippen LogP contribution in [0.25, 0.3) is 0 Å². The van der Waals surface area contributed by atoms with Crippen LogP contribution in [0.5, 0.6) is 0 Å². The predicted octanol–water partition coefficient (Wildman–Crippen LogP) is 2.60. The zero-order chi connectivity index (χ0) is 15.5. The molecule has 1 fully saturated rings. The smallest absolute Gasteiger partial charge is 0.193 e. The molecule has 0 amide bonds. The van der Waals surface area contributed by atoms with E-state index >= 15 is 0 Å². The zero-order valence-electron chi connectivity index (χ0n) is 14.6. The second kappa shape index (κ2) is 13.4. The number of hydrogen-bond donors (Lipinski definition) is 1. The summed E-state index contributed by atoms with van der Waals surface area (Å²) in [7, 11) is 3.85. The van der Waals surface area contributed by atoms with Gasteiger partial charge in [0.15, 0.2) is 5.96 Å². The van der Waals surface area contributed by atoms with Crippen LogP contribution in [0.4, 0.5) is 0 Å². The average molecular weight is 427 g/mol. The minimum Gasteiger partial charge on any atom is -0.380 e. The van der Waals surface area contributed by atoms with Crippen LogP contribution in [0.1, 0.15) is 33.1 Å². The maximum atomic E-state index is 5.65. The third kappa shape index (κ3) is 11.5. The van der Waals surface area contributed by atoms with Crippen molar-refractivity contribution in [2.75, 3.05) is 53.6 Å². The first-order valence-corrected chi connectivity index (χ1v) is 8.20. The molecule has 0 radical (unpaired) electrons. The first-order chi connectivity index (χ1) is 10.1. The molecule has 1 saturated carbocycles. The highest BCUT2D eigenvalue weighted by molar-refractivity contribution is 14.0. The van der Waals surface area contributed by atoms with Crippen LogP contribution in [0.15, 0.2) is 4.99 Å². The second-order valence-corrected chi connectivity index (χ2v) is 6.21. The van der Waals surface area contributed by atoms with Crippen molar-refractivity contribution in [3.05, 3.63) is 0 Å². The third-order valence-corrected chi connectivity index (χ3v) is 3.56. The third-order valence-electron chi connectivity index (χ3n) is 3.56. The van der Waals surface area contributed by atoms with Gasteiger partial charge in [-0.1, -0.05) is 13.8 Å². The highest BCUT2D eigenvalue weighted by atomic mass is 127. The molecule has 1 aliphatic carbocycles. The Labute approximate surface area is 153 Å². The average Bonchev–Trinajstić information content (AvgIpc) is 3.26. The lowest BCUT2D eigenvalue weighted by Gasteiger charge is -2.22. The molecular formula is C16H34IN3O2. The van der Waals surface area contributed by atoms with Gasteiger partial charge in [0.05, 0.1) is 13.2 Å². The number of aliphatic imine (C=N–C) groups is 1. The lowest BCUT2D eigenvalue weighted by atomic mass is 10.1. The normalized spacial score (nSPS) is 14.9. The Bertz CT molecular complexity index is 297. The van der Waals surface area contributed by atoms with Crippen LogP contribution < -0.4 is 5.32 Å². The lowest BCUT2D eigenvalue weighted by molar-refractivity contribution is 0.114. The summed E-state index contributed by atoms with van der Waals surface area (Å²) in [6.45, 7) is 9.31. The molecule has 0 aliphatic heterocycles. The summed E-state index contributed by atoms with van der Waals surface area (Å²) in [5, 5.41) is 3.31. The Morgan fingerprint density at radius 1 is 1.23 bits per heavy atom. The maximum Gasteiger partial charge on any atom is 0.193 e. The minimum atomic E-state index is 0. The Kier molecular flexibility index (Phi) is 13.3. The summed E-state index contributed by atoms with van der Waals surface area (Å²) in [5.74, 6) is 2.43. The van der Waals surface area contributed by atoms with Gasteiger partial charge in [-0.15, -0.1) is 24.0 Å². The standard InChI is InChI=1S/C16H33N3O2.HI/c1-14(2)7-10-20-11-8-18-16(17-3)19(4)9-12-21-13-15-5-6-15;/h14-15H,5-13H2,1-4H3,(H,17,18);1H. The summed E-state index contributed by atoms with van der Waals surface area (Å²) >= 11 is 0. The Morgan fingerprint density at radius 3 is 2.55 bits per heavy atom. The fourth-order valence-corrected chi connectivity index (χ4v) is 1.88. The van der Waals surface area contributed by atoms with Crippen LogP contribution in [0.3, 0.4) is 0 Å². The molecule has 132 valence electrons. The zero-order valence-corrected chi connectivity index (χ0v) is 17.0. The molecular weight excluding hydrogens is 393 g/mol. The van der Waals surface area contributed by atoms with E-state index in [9.17, 15) is 0 Å². The molecule has 1 aliphatic rings. The predicted molar refractivity (Wildman–Crippen MR) is 103 cm³/mol. The summed E-state index contributed by atoms with van der Waals surface area (Å²) in [4.78, 5) is 6.38. The van der Waals surface area contributed by atoms with Gasteiger partial charge in [0.1, 0.15) is 0 Å². The molecule has 6 heteroatoms. The number of hydrogen-bond acceptors (Lipinski definition) is 3. The van der Waals surface area contributed by atoms with Gasteiger partial charge in [-0.3, -0.25) is 4.99 Å². The van der Waals surface area contributed by atoms with Gasteiger partial charge in [0, 0.05) is 40.4 Å². The molecule has 0 unspecified atom stereocenters. The molecule has 1 N–H and O–H groups in total. The van der Waals surface area contributed by atoms with Gasteiger partial charge >= 0.3 is 0 Å². The van der Waals surface area contributed by atoms with Crippen molar-refractivity contribution in [1.82, 2.24) is 10.2 Å². The molecule has 0 aromatic heterocycles. The van der Waals surface area contributed by atoms with E-state index in [-0.39, 0.29) is 24.0 Å². The summed E-state index contributed by atoms with van der Waals surface area (Å²) in [5.41, 5.74) is 0. The number of guanidine groups is 1. The maximum absolute atomic E-state index is 5.65. The van der Waals surface area contributed by atoms with Gasteiger partial charge in [-0.2, -0.15) is 0 Å². The molecule has 22 heavy (non-hydrogen) atoms. The molecule has 0 aromatic rings. The number of likely N-dealkylation sites (N-methyl/N-ethyl adjacent to an activating group) is 1. The molecule has 5 nitrogen and oxygen atoms in total. The van der Waals surface area contributed by atoms with Crippen molar-refractivity contribution in [3.8, 4) is 0 Å². The highest BCUT2D eigenvalue weighted by Crippen LogP contribution is 2.28. The van der Waals surface area contributed by atoms with E-state index in [4.69, 9.17) is 9.47 Å².